The number of carboxylic acids is 1. The van der Waals surface area contributed by atoms with Gasteiger partial charge in [-0.2, -0.15) is 0 Å². The van der Waals surface area contributed by atoms with Crippen LogP contribution in [0.2, 0.25) is 0 Å². The van der Waals surface area contributed by atoms with E-state index in [1.54, 1.807) is 0 Å². The number of carboxylic acid groups (broad SMARTS) is 1. The summed E-state index contributed by atoms with van der Waals surface area (Å²) in [7, 11) is 0. The largest absolute Gasteiger partial charge is 0.476 e. The maximum absolute atomic E-state index is 11.8. The van der Waals surface area contributed by atoms with Gasteiger partial charge < -0.3 is 10.4 Å². The van der Waals surface area contributed by atoms with Crippen LogP contribution in [0, 0.1) is 5.92 Å². The Morgan fingerprint density at radius 2 is 2.32 bits per heavy atom. The lowest BCUT2D eigenvalue weighted by atomic mass is 9.94. The highest BCUT2D eigenvalue weighted by atomic mass is 32.1. The number of carbonyl (C=O) groups is 2. The van der Waals surface area contributed by atoms with E-state index in [0.29, 0.717) is 13.0 Å². The van der Waals surface area contributed by atoms with Gasteiger partial charge in [0.15, 0.2) is 5.69 Å². The van der Waals surface area contributed by atoms with Crippen molar-refractivity contribution in [3.8, 4) is 0 Å². The summed E-state index contributed by atoms with van der Waals surface area (Å²) in [6.45, 7) is 0.506. The predicted octanol–water partition coefficient (Wildman–Crippen LogP) is 1.86. The molecule has 0 fully saturated rings. The Morgan fingerprint density at radius 3 is 2.95 bits per heavy atom. The zero-order chi connectivity index (χ0) is 13.7. The quantitative estimate of drug-likeness (QED) is 0.807. The highest BCUT2D eigenvalue weighted by Gasteiger charge is 2.18. The highest BCUT2D eigenvalue weighted by Crippen LogP contribution is 2.18. The van der Waals surface area contributed by atoms with Crippen molar-refractivity contribution in [2.75, 3.05) is 6.54 Å². The van der Waals surface area contributed by atoms with E-state index in [9.17, 15) is 9.59 Å². The van der Waals surface area contributed by atoms with Crippen molar-refractivity contribution >= 4 is 23.2 Å². The normalized spacial score (nSPS) is 18.2. The molecular weight excluding hydrogens is 264 g/mol. The fourth-order valence-electron chi connectivity index (χ4n) is 1.99. The average molecular weight is 280 g/mol. The Labute approximate surface area is 115 Å². The van der Waals surface area contributed by atoms with Crippen LogP contribution in [0.3, 0.4) is 0 Å². The minimum atomic E-state index is -1.01. The number of nitrogens with one attached hydrogen (secondary N) is 1. The molecular formula is C13H16N2O3S. The van der Waals surface area contributed by atoms with Gasteiger partial charge in [0.1, 0.15) is 0 Å². The first kappa shape index (κ1) is 13.7. The number of aromatic nitrogens is 1. The van der Waals surface area contributed by atoms with Crippen LogP contribution in [0.1, 0.15) is 34.8 Å². The van der Waals surface area contributed by atoms with Crippen molar-refractivity contribution in [2.45, 2.75) is 25.7 Å². The molecule has 0 radical (unpaired) electrons. The highest BCUT2D eigenvalue weighted by molar-refractivity contribution is 7.09. The lowest BCUT2D eigenvalue weighted by molar-refractivity contribution is -0.125. The van der Waals surface area contributed by atoms with Crippen LogP contribution >= 0.6 is 11.3 Å². The lowest BCUT2D eigenvalue weighted by Gasteiger charge is -2.16. The number of allylic oxidation sites excluding steroid dienone is 2. The Morgan fingerprint density at radius 1 is 1.47 bits per heavy atom. The number of carbonyl (C=O) groups excluding carboxylic acids is 1. The summed E-state index contributed by atoms with van der Waals surface area (Å²) < 4.78 is 0. The van der Waals surface area contributed by atoms with Gasteiger partial charge in [0.2, 0.25) is 5.91 Å². The van der Waals surface area contributed by atoms with Gasteiger partial charge in [-0.3, -0.25) is 4.79 Å². The number of aromatic carboxylic acids is 1. The van der Waals surface area contributed by atoms with Crippen LogP contribution in [0.5, 0.6) is 0 Å². The van der Waals surface area contributed by atoms with Crippen molar-refractivity contribution in [1.82, 2.24) is 10.3 Å². The molecule has 0 aliphatic heterocycles. The molecule has 6 heteroatoms. The summed E-state index contributed by atoms with van der Waals surface area (Å²) in [5.74, 6) is -0.851. The SMILES string of the molecule is O=C(O)c1csc(CCNC(=O)C2CC=CCC2)n1. The number of rotatable bonds is 5. The summed E-state index contributed by atoms with van der Waals surface area (Å²) >= 11 is 1.31. The fourth-order valence-corrected chi connectivity index (χ4v) is 2.76. The van der Waals surface area contributed by atoms with Gasteiger partial charge in [-0.1, -0.05) is 12.2 Å². The number of hydrogen-bond acceptors (Lipinski definition) is 4. The van der Waals surface area contributed by atoms with Crippen LogP contribution in [0.25, 0.3) is 0 Å². The first-order valence-electron chi connectivity index (χ1n) is 6.27. The average Bonchev–Trinajstić information content (AvgIpc) is 2.89. The monoisotopic (exact) mass is 280 g/mol. The van der Waals surface area contributed by atoms with Crippen LogP contribution in [-0.4, -0.2) is 28.5 Å². The minimum absolute atomic E-state index is 0.0729. The number of amides is 1. The van der Waals surface area contributed by atoms with Gasteiger partial charge >= 0.3 is 5.97 Å². The Kier molecular flexibility index (Phi) is 4.68. The van der Waals surface area contributed by atoms with Crippen molar-refractivity contribution in [1.29, 1.82) is 0 Å². The molecule has 1 aliphatic rings. The molecule has 102 valence electrons. The van der Waals surface area contributed by atoms with Gasteiger partial charge in [-0.05, 0) is 19.3 Å². The zero-order valence-corrected chi connectivity index (χ0v) is 11.3. The third kappa shape index (κ3) is 3.89. The minimum Gasteiger partial charge on any atom is -0.476 e. The second-order valence-corrected chi connectivity index (χ2v) is 5.40. The molecule has 2 rings (SSSR count). The molecule has 1 aliphatic carbocycles. The summed E-state index contributed by atoms with van der Waals surface area (Å²) in [5, 5.41) is 13.9. The summed E-state index contributed by atoms with van der Waals surface area (Å²) in [6, 6.07) is 0. The lowest BCUT2D eigenvalue weighted by Crippen LogP contribution is -2.32. The molecule has 1 aromatic heterocycles. The molecule has 19 heavy (non-hydrogen) atoms. The van der Waals surface area contributed by atoms with E-state index in [2.05, 4.69) is 16.4 Å². The van der Waals surface area contributed by atoms with E-state index in [-0.39, 0.29) is 17.5 Å². The van der Waals surface area contributed by atoms with Crippen LogP contribution in [-0.2, 0) is 11.2 Å². The van der Waals surface area contributed by atoms with Crippen molar-refractivity contribution in [3.05, 3.63) is 28.2 Å². The second-order valence-electron chi connectivity index (χ2n) is 4.45. The molecule has 1 heterocycles. The smallest absolute Gasteiger partial charge is 0.355 e. The first-order valence-corrected chi connectivity index (χ1v) is 7.15. The third-order valence-corrected chi connectivity index (χ3v) is 3.96. The van der Waals surface area contributed by atoms with Gasteiger partial charge in [0.05, 0.1) is 5.01 Å². The predicted molar refractivity (Wildman–Crippen MR) is 72.3 cm³/mol. The molecule has 0 saturated carbocycles. The molecule has 1 aromatic rings. The maximum Gasteiger partial charge on any atom is 0.355 e. The topological polar surface area (TPSA) is 79.3 Å². The fraction of sp³-hybridized carbons (Fsp3) is 0.462. The summed E-state index contributed by atoms with van der Waals surface area (Å²) in [4.78, 5) is 26.5. The van der Waals surface area contributed by atoms with Gasteiger partial charge in [0.25, 0.3) is 0 Å². The van der Waals surface area contributed by atoms with Gasteiger partial charge in [-0.25, -0.2) is 9.78 Å². The third-order valence-electron chi connectivity index (χ3n) is 3.05. The Balaban J connectivity index is 1.74. The van der Waals surface area contributed by atoms with Crippen LogP contribution in [0.4, 0.5) is 0 Å². The van der Waals surface area contributed by atoms with Gasteiger partial charge in [0, 0.05) is 24.3 Å². The summed E-state index contributed by atoms with van der Waals surface area (Å²) in [6.07, 6.45) is 7.41. The van der Waals surface area contributed by atoms with E-state index < -0.39 is 5.97 Å². The van der Waals surface area contributed by atoms with Crippen LogP contribution < -0.4 is 5.32 Å². The molecule has 1 unspecified atom stereocenters. The number of hydrogen-bond donors (Lipinski definition) is 2. The molecule has 2 N–H and O–H groups in total. The standard InChI is InChI=1S/C13H16N2O3S/c16-12(9-4-2-1-3-5-9)14-7-6-11-15-10(8-19-11)13(17)18/h1-2,8-9H,3-7H2,(H,14,16)(H,17,18). The van der Waals surface area contributed by atoms with E-state index in [4.69, 9.17) is 5.11 Å². The van der Waals surface area contributed by atoms with Crippen molar-refractivity contribution in [2.24, 2.45) is 5.92 Å². The second kappa shape index (κ2) is 6.47. The van der Waals surface area contributed by atoms with Crippen LogP contribution in [0.15, 0.2) is 17.5 Å². The number of thiazole rings is 1. The van der Waals surface area contributed by atoms with E-state index in [1.807, 2.05) is 6.08 Å². The van der Waals surface area contributed by atoms with E-state index >= 15 is 0 Å². The zero-order valence-electron chi connectivity index (χ0n) is 10.5. The molecule has 0 bridgehead atoms. The summed E-state index contributed by atoms with van der Waals surface area (Å²) in [5.41, 5.74) is 0.0729. The van der Waals surface area contributed by atoms with Crippen molar-refractivity contribution < 1.29 is 14.7 Å². The molecule has 0 saturated heterocycles. The first-order chi connectivity index (χ1) is 9.16. The Bertz CT molecular complexity index is 496. The van der Waals surface area contributed by atoms with Crippen molar-refractivity contribution in [3.63, 3.8) is 0 Å². The number of nitrogens with zero attached hydrogens (tertiary/aromatic N) is 1. The molecule has 5 nitrogen and oxygen atoms in total. The molecule has 0 spiro atoms. The molecule has 1 amide bonds. The van der Waals surface area contributed by atoms with Gasteiger partial charge in [-0.15, -0.1) is 11.3 Å². The maximum atomic E-state index is 11.8. The Hall–Kier alpha value is -1.69. The molecule has 1 atom stereocenters. The van der Waals surface area contributed by atoms with E-state index in [0.717, 1.165) is 24.3 Å². The van der Waals surface area contributed by atoms with E-state index in [1.165, 1.54) is 16.7 Å². The molecule has 0 aromatic carbocycles.